The summed E-state index contributed by atoms with van der Waals surface area (Å²) < 4.78 is 14.4. The van der Waals surface area contributed by atoms with Crippen LogP contribution in [0, 0.1) is 5.82 Å². The Morgan fingerprint density at radius 1 is 0.583 bits per heavy atom. The summed E-state index contributed by atoms with van der Waals surface area (Å²) in [5.41, 5.74) is 56.4. The van der Waals surface area contributed by atoms with Gasteiger partial charge in [-0.25, -0.2) is 4.39 Å². The summed E-state index contributed by atoms with van der Waals surface area (Å²) in [6, 6.07) is 3.08. The first-order valence-electron chi connectivity index (χ1n) is 23.9. The van der Waals surface area contributed by atoms with E-state index in [-0.39, 0.29) is 114 Å². The molecule has 28 heteroatoms. The second kappa shape index (κ2) is 33.9. The van der Waals surface area contributed by atoms with Gasteiger partial charge in [-0.15, -0.1) is 0 Å². The first kappa shape index (κ1) is 60.6. The van der Waals surface area contributed by atoms with Gasteiger partial charge >= 0.3 is 0 Å². The van der Waals surface area contributed by atoms with Gasteiger partial charge in [0.15, 0.2) is 23.8 Å². The van der Waals surface area contributed by atoms with E-state index in [1.807, 2.05) is 0 Å². The number of nitrogens with zero attached hydrogens (tertiary/aromatic N) is 8. The Balaban J connectivity index is 2.51. The van der Waals surface area contributed by atoms with Gasteiger partial charge in [-0.2, -0.15) is 0 Å². The zero-order valence-electron chi connectivity index (χ0n) is 41.2. The lowest BCUT2D eigenvalue weighted by Gasteiger charge is -2.31. The van der Waals surface area contributed by atoms with E-state index in [1.54, 1.807) is 12.3 Å². The van der Waals surface area contributed by atoms with Crippen LogP contribution in [-0.2, 0) is 35.2 Å². The highest BCUT2D eigenvalue weighted by molar-refractivity contribution is 5.93. The van der Waals surface area contributed by atoms with Crippen molar-refractivity contribution in [1.29, 1.82) is 0 Å². The fourth-order valence-electron chi connectivity index (χ4n) is 7.24. The van der Waals surface area contributed by atoms with Gasteiger partial charge < -0.3 is 92.6 Å². The van der Waals surface area contributed by atoms with Crippen LogP contribution in [-0.4, -0.2) is 188 Å². The van der Waals surface area contributed by atoms with Gasteiger partial charge in [0.25, 0.3) is 0 Å². The van der Waals surface area contributed by atoms with Gasteiger partial charge in [-0.05, 0) is 88.2 Å². The highest BCUT2D eigenvalue weighted by atomic mass is 19.1. The van der Waals surface area contributed by atoms with Crippen molar-refractivity contribution in [2.45, 2.75) is 70.3 Å². The molecule has 27 nitrogen and oxygen atoms in total. The molecule has 1 heterocycles. The molecular weight excluding hydrogens is 938 g/mol. The van der Waals surface area contributed by atoms with Crippen LogP contribution in [0.25, 0.3) is 10.9 Å². The van der Waals surface area contributed by atoms with Crippen molar-refractivity contribution in [3.63, 3.8) is 0 Å². The van der Waals surface area contributed by atoms with Crippen LogP contribution in [0.4, 0.5) is 4.39 Å². The molecule has 0 saturated carbocycles. The van der Waals surface area contributed by atoms with E-state index in [0.29, 0.717) is 42.4 Å². The topological polar surface area (TPSA) is 465 Å². The number of carbonyl (C=O) groups excluding carboxylic acids is 6. The fourth-order valence-corrected chi connectivity index (χ4v) is 7.24. The second-order valence-electron chi connectivity index (χ2n) is 16.8. The number of halogens is 1. The molecule has 0 aliphatic carbocycles. The molecule has 72 heavy (non-hydrogen) atoms. The van der Waals surface area contributed by atoms with E-state index in [9.17, 15) is 33.2 Å². The number of aliphatic imine (C=N–C) groups is 4. The number of fused-ring (bicyclic) bond motifs is 1. The van der Waals surface area contributed by atoms with Crippen LogP contribution in [0.1, 0.15) is 63.4 Å². The lowest BCUT2D eigenvalue weighted by molar-refractivity contribution is -0.146. The molecule has 2 rings (SSSR count). The number of carbonyl (C=O) groups is 6. The number of hydrogen-bond donors (Lipinski definition) is 13. The number of nitrogens with one attached hydrogen (secondary N) is 3. The molecule has 6 amide bonds. The van der Waals surface area contributed by atoms with Crippen molar-refractivity contribution < 1.29 is 33.2 Å². The lowest BCUT2D eigenvalue weighted by Crippen LogP contribution is -2.52. The van der Waals surface area contributed by atoms with E-state index in [4.69, 9.17) is 57.3 Å². The van der Waals surface area contributed by atoms with E-state index in [1.165, 1.54) is 31.7 Å². The highest BCUT2D eigenvalue weighted by Crippen LogP contribution is 2.20. The Morgan fingerprint density at radius 2 is 1.06 bits per heavy atom. The van der Waals surface area contributed by atoms with Gasteiger partial charge in [0.05, 0.1) is 32.7 Å². The molecule has 0 bridgehead atoms. The summed E-state index contributed by atoms with van der Waals surface area (Å²) in [6.45, 7) is -0.610. The molecule has 1 aromatic carbocycles. The van der Waals surface area contributed by atoms with Crippen LogP contribution < -0.4 is 68.0 Å². The molecule has 0 unspecified atom stereocenters. The minimum absolute atomic E-state index is 0.0357. The Bertz CT molecular complexity index is 2150. The Labute approximate surface area is 419 Å². The van der Waals surface area contributed by atoms with Crippen LogP contribution in [0.15, 0.2) is 44.4 Å². The smallest absolute Gasteiger partial charge is 0.242 e. The maximum Gasteiger partial charge on any atom is 0.242 e. The maximum atomic E-state index is 14.6. The number of rotatable bonds is 37. The minimum Gasteiger partial charge on any atom is -0.370 e. The average Bonchev–Trinajstić information content (AvgIpc) is 3.72. The number of H-pyrrole nitrogens is 1. The molecule has 1 aromatic heterocycles. The summed E-state index contributed by atoms with van der Waals surface area (Å²) >= 11 is 0. The molecular formula is C44H78FN21O6. The molecule has 0 spiro atoms. The van der Waals surface area contributed by atoms with E-state index >= 15 is 0 Å². The normalized spacial score (nSPS) is 11.2. The predicted octanol–water partition coefficient (Wildman–Crippen LogP) is -4.71. The van der Waals surface area contributed by atoms with Gasteiger partial charge in [0, 0.05) is 69.5 Å². The number of benzene rings is 1. The summed E-state index contributed by atoms with van der Waals surface area (Å²) in [7, 11) is 0. The van der Waals surface area contributed by atoms with Gasteiger partial charge in [0.2, 0.25) is 35.4 Å². The molecule has 0 fully saturated rings. The first-order chi connectivity index (χ1) is 34.3. The zero-order chi connectivity index (χ0) is 53.4. The Morgan fingerprint density at radius 3 is 1.56 bits per heavy atom. The number of unbranched alkanes of at least 4 members (excludes halogenated alkanes) is 3. The van der Waals surface area contributed by atoms with E-state index in [2.05, 4.69) is 35.6 Å². The summed E-state index contributed by atoms with van der Waals surface area (Å²) in [5.74, 6) is -5.03. The van der Waals surface area contributed by atoms with Crippen molar-refractivity contribution in [1.82, 2.24) is 35.2 Å². The number of primary amides is 1. The predicted molar refractivity (Wildman–Crippen MR) is 276 cm³/mol. The minimum atomic E-state index is -1.13. The standard InChI is InChI=1S/C44H78FN21O6/c45-31-10-11-33-32(23-31)30(24-61-33)12-22-66(29-37(69)63(19-6-16-58-42(50)51)26-35(67)62-34(40(47)72)9-5-15-57-41(48)49)39(71)28-65(21-8-18-60-44(54)55)38(70)27-64(20-7-17-59-43(52)53)36(68)25-56-14-4-2-1-3-13-46/h10-11,23-24,34,56,61H,1-9,12-22,25-29,46H2,(H2,47,72)(H,62,67)(H4,48,49,57)(H4,50,51,58)(H4,52,53,59)(H4,54,55,60)/t34-/m1/s1. The monoisotopic (exact) mass is 1020 g/mol. The lowest BCUT2D eigenvalue weighted by atomic mass is 10.1. The summed E-state index contributed by atoms with van der Waals surface area (Å²) in [5, 5.41) is 6.24. The van der Waals surface area contributed by atoms with E-state index in [0.717, 1.165) is 25.7 Å². The van der Waals surface area contributed by atoms with Gasteiger partial charge in [-0.3, -0.25) is 48.7 Å². The number of amides is 6. The SMILES string of the molecule is NCCCCCCNCC(=O)N(CCCN=C(N)N)CC(=O)N(CCCN=C(N)N)CC(=O)N(CCc1c[nH]c2ccc(F)cc12)CC(=O)N(CCCN=C(N)N)CC(=O)N[C@H](CCCN=C(N)N)C(N)=O. The first-order valence-corrected chi connectivity index (χ1v) is 23.9. The molecule has 0 aliphatic rings. The third-order valence-corrected chi connectivity index (χ3v) is 11.0. The molecule has 2 aromatic rings. The number of guanidine groups is 4. The van der Waals surface area contributed by atoms with Crippen molar-refractivity contribution in [3.8, 4) is 0 Å². The highest BCUT2D eigenvalue weighted by Gasteiger charge is 2.29. The van der Waals surface area contributed by atoms with Crippen LogP contribution in [0.5, 0.6) is 0 Å². The molecule has 0 aliphatic heterocycles. The molecule has 23 N–H and O–H groups in total. The zero-order valence-corrected chi connectivity index (χ0v) is 41.2. The van der Waals surface area contributed by atoms with Crippen LogP contribution in [0.3, 0.4) is 0 Å². The van der Waals surface area contributed by atoms with Crippen molar-refractivity contribution in [3.05, 3.63) is 35.8 Å². The third-order valence-electron chi connectivity index (χ3n) is 11.0. The van der Waals surface area contributed by atoms with Crippen LogP contribution in [0.2, 0.25) is 0 Å². The van der Waals surface area contributed by atoms with Gasteiger partial charge in [0.1, 0.15) is 11.9 Å². The van der Waals surface area contributed by atoms with Crippen molar-refractivity contribution in [2.24, 2.45) is 77.3 Å². The quantitative estimate of drug-likeness (QED) is 0.0172. The summed E-state index contributed by atoms with van der Waals surface area (Å²) in [4.78, 5) is 107. The van der Waals surface area contributed by atoms with Gasteiger partial charge in [-0.1, -0.05) is 12.8 Å². The number of nitrogens with two attached hydrogens (primary N) is 10. The van der Waals surface area contributed by atoms with Crippen molar-refractivity contribution >= 4 is 70.2 Å². The largest absolute Gasteiger partial charge is 0.370 e. The fraction of sp³-hybridized carbons (Fsp3) is 0.591. The molecule has 0 radical (unpaired) electrons. The molecule has 0 saturated heterocycles. The second-order valence-corrected chi connectivity index (χ2v) is 16.8. The average molecular weight is 1020 g/mol. The summed E-state index contributed by atoms with van der Waals surface area (Å²) in [6.07, 6.45) is 6.50. The van der Waals surface area contributed by atoms with Crippen molar-refractivity contribution in [2.75, 3.05) is 98.2 Å². The maximum absolute atomic E-state index is 14.6. The number of aromatic nitrogens is 1. The molecule has 1 atom stereocenters. The Hall–Kier alpha value is -7.49. The molecule has 402 valence electrons. The third kappa shape index (κ3) is 25.4. The number of aromatic amines is 1. The number of hydrogen-bond acceptors (Lipinski definition) is 12. The Kier molecular flexibility index (Phi) is 28.6. The van der Waals surface area contributed by atoms with Crippen LogP contribution >= 0.6 is 0 Å². The van der Waals surface area contributed by atoms with E-state index < -0.39 is 67.6 Å².